The lowest BCUT2D eigenvalue weighted by atomic mass is 10.1. The van der Waals surface area contributed by atoms with Crippen LogP contribution in [0.3, 0.4) is 0 Å². The maximum atomic E-state index is 5.91. The Morgan fingerprint density at radius 3 is 2.74 bits per heavy atom. The first-order valence-corrected chi connectivity index (χ1v) is 7.94. The summed E-state index contributed by atoms with van der Waals surface area (Å²) >= 11 is 1.88. The molecule has 0 atom stereocenters. The number of para-hydroxylation sites is 1. The third-order valence-electron chi connectivity index (χ3n) is 2.66. The van der Waals surface area contributed by atoms with Crippen LogP contribution in [-0.4, -0.2) is 31.3 Å². The Bertz CT molecular complexity index is 369. The molecule has 1 aromatic carbocycles. The third-order valence-corrected chi connectivity index (χ3v) is 3.52. The number of rotatable bonds is 9. The second-order valence-electron chi connectivity index (χ2n) is 4.53. The van der Waals surface area contributed by atoms with Crippen molar-refractivity contribution in [3.05, 3.63) is 23.8 Å². The Kier molecular flexibility index (Phi) is 7.75. The van der Waals surface area contributed by atoms with Gasteiger partial charge in [0.05, 0.1) is 13.7 Å². The maximum Gasteiger partial charge on any atom is 0.165 e. The van der Waals surface area contributed by atoms with Gasteiger partial charge in [0.2, 0.25) is 0 Å². The van der Waals surface area contributed by atoms with Crippen LogP contribution in [0.25, 0.3) is 0 Å². The molecule has 0 unspecified atom stereocenters. The van der Waals surface area contributed by atoms with Gasteiger partial charge in [-0.3, -0.25) is 0 Å². The van der Waals surface area contributed by atoms with Crippen molar-refractivity contribution in [1.82, 2.24) is 5.32 Å². The zero-order chi connectivity index (χ0) is 14.1. The summed E-state index contributed by atoms with van der Waals surface area (Å²) in [4.78, 5) is 0. The van der Waals surface area contributed by atoms with Crippen molar-refractivity contribution in [2.75, 3.05) is 25.2 Å². The predicted octanol–water partition coefficient (Wildman–Crippen LogP) is 3.33. The van der Waals surface area contributed by atoms with Gasteiger partial charge in [-0.05, 0) is 11.8 Å². The summed E-state index contributed by atoms with van der Waals surface area (Å²) in [7, 11) is 1.68. The number of hydrogen-bond acceptors (Lipinski definition) is 4. The largest absolute Gasteiger partial charge is 0.493 e. The lowest BCUT2D eigenvalue weighted by Gasteiger charge is -2.16. The van der Waals surface area contributed by atoms with Gasteiger partial charge in [-0.2, -0.15) is 11.8 Å². The summed E-state index contributed by atoms with van der Waals surface area (Å²) in [6, 6.07) is 6.49. The summed E-state index contributed by atoms with van der Waals surface area (Å²) in [5.41, 5.74) is 1.15. The molecule has 0 spiro atoms. The van der Waals surface area contributed by atoms with Crippen LogP contribution in [0, 0.1) is 0 Å². The lowest BCUT2D eigenvalue weighted by molar-refractivity contribution is 0.309. The highest BCUT2D eigenvalue weighted by Crippen LogP contribution is 2.31. The Labute approximate surface area is 121 Å². The molecule has 4 heteroatoms. The fraction of sp³-hybridized carbons (Fsp3) is 0.600. The second-order valence-corrected chi connectivity index (χ2v) is 5.92. The SMILES string of the molecule is CCSCCOc1c(CNC(C)C)cccc1OC. The van der Waals surface area contributed by atoms with E-state index in [1.165, 1.54) is 0 Å². The average Bonchev–Trinajstić information content (AvgIpc) is 2.41. The number of hydrogen-bond donors (Lipinski definition) is 1. The molecule has 0 heterocycles. The quantitative estimate of drug-likeness (QED) is 0.704. The van der Waals surface area contributed by atoms with E-state index in [4.69, 9.17) is 9.47 Å². The van der Waals surface area contributed by atoms with Crippen LogP contribution in [0.1, 0.15) is 26.3 Å². The first-order valence-electron chi connectivity index (χ1n) is 6.78. The monoisotopic (exact) mass is 283 g/mol. The Hall–Kier alpha value is -0.870. The van der Waals surface area contributed by atoms with Crippen LogP contribution in [0.4, 0.5) is 0 Å². The van der Waals surface area contributed by atoms with Gasteiger partial charge in [0, 0.05) is 23.9 Å². The topological polar surface area (TPSA) is 30.5 Å². The van der Waals surface area contributed by atoms with E-state index in [9.17, 15) is 0 Å². The van der Waals surface area contributed by atoms with Gasteiger partial charge in [-0.1, -0.05) is 32.9 Å². The molecule has 0 aliphatic carbocycles. The summed E-state index contributed by atoms with van der Waals surface area (Å²) in [5, 5.41) is 3.41. The van der Waals surface area contributed by atoms with Crippen molar-refractivity contribution in [2.24, 2.45) is 0 Å². The first kappa shape index (κ1) is 16.2. The van der Waals surface area contributed by atoms with Gasteiger partial charge < -0.3 is 14.8 Å². The van der Waals surface area contributed by atoms with Gasteiger partial charge in [0.25, 0.3) is 0 Å². The van der Waals surface area contributed by atoms with E-state index in [-0.39, 0.29) is 0 Å². The van der Waals surface area contributed by atoms with Crippen LogP contribution in [0.15, 0.2) is 18.2 Å². The number of ether oxygens (including phenoxy) is 2. The Morgan fingerprint density at radius 2 is 2.11 bits per heavy atom. The molecule has 108 valence electrons. The minimum absolute atomic E-state index is 0.453. The first-order chi connectivity index (χ1) is 9.19. The van der Waals surface area contributed by atoms with Crippen molar-refractivity contribution in [2.45, 2.75) is 33.4 Å². The van der Waals surface area contributed by atoms with Crippen molar-refractivity contribution in [3.63, 3.8) is 0 Å². The van der Waals surface area contributed by atoms with Crippen molar-refractivity contribution < 1.29 is 9.47 Å². The molecular weight excluding hydrogens is 258 g/mol. The third kappa shape index (κ3) is 5.74. The minimum atomic E-state index is 0.453. The Balaban J connectivity index is 2.71. The minimum Gasteiger partial charge on any atom is -0.493 e. The van der Waals surface area contributed by atoms with Gasteiger partial charge in [0.1, 0.15) is 0 Å². The summed E-state index contributed by atoms with van der Waals surface area (Å²) in [5.74, 6) is 3.81. The molecule has 0 amide bonds. The van der Waals surface area contributed by atoms with Gasteiger partial charge in [-0.25, -0.2) is 0 Å². The molecule has 0 radical (unpaired) electrons. The molecule has 0 saturated carbocycles. The normalized spacial score (nSPS) is 10.8. The van der Waals surface area contributed by atoms with E-state index in [1.807, 2.05) is 23.9 Å². The highest BCUT2D eigenvalue weighted by Gasteiger charge is 2.10. The molecule has 0 saturated heterocycles. The molecule has 19 heavy (non-hydrogen) atoms. The molecule has 0 bridgehead atoms. The van der Waals surface area contributed by atoms with E-state index >= 15 is 0 Å². The molecule has 1 aromatic rings. The molecule has 1 N–H and O–H groups in total. The fourth-order valence-corrected chi connectivity index (χ4v) is 2.18. The van der Waals surface area contributed by atoms with E-state index in [0.717, 1.165) is 35.1 Å². The molecule has 0 aromatic heterocycles. The number of methoxy groups -OCH3 is 1. The highest BCUT2D eigenvalue weighted by molar-refractivity contribution is 7.99. The van der Waals surface area contributed by atoms with Crippen LogP contribution >= 0.6 is 11.8 Å². The van der Waals surface area contributed by atoms with E-state index in [2.05, 4.69) is 32.2 Å². The van der Waals surface area contributed by atoms with E-state index in [1.54, 1.807) is 7.11 Å². The zero-order valence-corrected chi connectivity index (χ0v) is 13.2. The van der Waals surface area contributed by atoms with Crippen LogP contribution < -0.4 is 14.8 Å². The molecule has 0 aliphatic heterocycles. The lowest BCUT2D eigenvalue weighted by Crippen LogP contribution is -2.22. The second kappa shape index (κ2) is 9.10. The maximum absolute atomic E-state index is 5.91. The van der Waals surface area contributed by atoms with Crippen LogP contribution in [0.5, 0.6) is 11.5 Å². The van der Waals surface area contributed by atoms with Gasteiger partial charge in [0.15, 0.2) is 11.5 Å². The Morgan fingerprint density at radius 1 is 1.32 bits per heavy atom. The molecule has 1 rings (SSSR count). The molecule has 3 nitrogen and oxygen atoms in total. The van der Waals surface area contributed by atoms with Crippen LogP contribution in [-0.2, 0) is 6.54 Å². The summed E-state index contributed by atoms with van der Waals surface area (Å²) in [6.45, 7) is 7.95. The van der Waals surface area contributed by atoms with Crippen LogP contribution in [0.2, 0.25) is 0 Å². The summed E-state index contributed by atoms with van der Waals surface area (Å²) in [6.07, 6.45) is 0. The number of thioether (sulfide) groups is 1. The van der Waals surface area contributed by atoms with Gasteiger partial charge in [-0.15, -0.1) is 0 Å². The van der Waals surface area contributed by atoms with Crippen molar-refractivity contribution in [3.8, 4) is 11.5 Å². The highest BCUT2D eigenvalue weighted by atomic mass is 32.2. The fourth-order valence-electron chi connectivity index (χ4n) is 1.69. The van der Waals surface area contributed by atoms with Crippen molar-refractivity contribution >= 4 is 11.8 Å². The number of nitrogens with one attached hydrogen (secondary N) is 1. The zero-order valence-electron chi connectivity index (χ0n) is 12.4. The van der Waals surface area contributed by atoms with E-state index < -0.39 is 0 Å². The van der Waals surface area contributed by atoms with Crippen molar-refractivity contribution in [1.29, 1.82) is 0 Å². The van der Waals surface area contributed by atoms with E-state index in [0.29, 0.717) is 12.6 Å². The predicted molar refractivity (Wildman–Crippen MR) is 83.5 cm³/mol. The molecular formula is C15H25NO2S. The smallest absolute Gasteiger partial charge is 0.165 e. The average molecular weight is 283 g/mol. The van der Waals surface area contributed by atoms with Gasteiger partial charge >= 0.3 is 0 Å². The molecule has 0 aliphatic rings. The number of benzene rings is 1. The summed E-state index contributed by atoms with van der Waals surface area (Å²) < 4.78 is 11.3. The molecule has 0 fully saturated rings. The standard InChI is InChI=1S/C15H25NO2S/c1-5-19-10-9-18-15-13(11-16-12(2)3)7-6-8-14(15)17-4/h6-8,12,16H,5,9-11H2,1-4H3.